The predicted octanol–water partition coefficient (Wildman–Crippen LogP) is 3.45. The number of likely N-dealkylation sites (tertiary alicyclic amines) is 1. The number of carbonyl (C=O) groups excluding carboxylic acids is 1. The fourth-order valence-corrected chi connectivity index (χ4v) is 3.34. The van der Waals surface area contributed by atoms with Crippen molar-refractivity contribution in [3.63, 3.8) is 0 Å². The number of carbonyl (C=O) groups is 1. The molecule has 6 nitrogen and oxygen atoms in total. The van der Waals surface area contributed by atoms with Gasteiger partial charge in [-0.05, 0) is 38.0 Å². The third kappa shape index (κ3) is 3.05. The van der Waals surface area contributed by atoms with Crippen LogP contribution in [0.3, 0.4) is 0 Å². The van der Waals surface area contributed by atoms with Crippen LogP contribution in [0.15, 0.2) is 28.7 Å². The lowest BCUT2D eigenvalue weighted by Crippen LogP contribution is -2.31. The summed E-state index contributed by atoms with van der Waals surface area (Å²) in [4.78, 5) is 14.8. The van der Waals surface area contributed by atoms with Crippen LogP contribution in [-0.2, 0) is 0 Å². The van der Waals surface area contributed by atoms with Gasteiger partial charge in [-0.15, -0.1) is 0 Å². The van der Waals surface area contributed by atoms with Gasteiger partial charge in [-0.2, -0.15) is 5.26 Å². The molecule has 25 heavy (non-hydrogen) atoms. The van der Waals surface area contributed by atoms with E-state index in [1.807, 2.05) is 29.2 Å². The highest BCUT2D eigenvalue weighted by Crippen LogP contribution is 2.39. The number of methoxy groups -OCH3 is 2. The summed E-state index contributed by atoms with van der Waals surface area (Å²) in [6.07, 6.45) is 1.75. The third-order valence-electron chi connectivity index (χ3n) is 4.57. The second-order valence-electron chi connectivity index (χ2n) is 5.96. The molecule has 3 rings (SSSR count). The summed E-state index contributed by atoms with van der Waals surface area (Å²) in [5.74, 6) is 1.93. The summed E-state index contributed by atoms with van der Waals surface area (Å²) in [6, 6.07) is 8.95. The van der Waals surface area contributed by atoms with Gasteiger partial charge in [-0.1, -0.05) is 0 Å². The molecule has 0 unspecified atom stereocenters. The normalized spacial score (nSPS) is 16.6. The molecule has 2 aromatic rings. The van der Waals surface area contributed by atoms with Crippen molar-refractivity contribution in [3.8, 4) is 17.6 Å². The van der Waals surface area contributed by atoms with E-state index in [1.165, 1.54) is 6.07 Å². The summed E-state index contributed by atoms with van der Waals surface area (Å²) in [5.41, 5.74) is 1.36. The monoisotopic (exact) mass is 340 g/mol. The Hall–Kier alpha value is -2.94. The van der Waals surface area contributed by atoms with Crippen LogP contribution < -0.4 is 9.47 Å². The second-order valence-corrected chi connectivity index (χ2v) is 5.96. The number of hydrogen-bond donors (Lipinski definition) is 0. The molecule has 0 aliphatic carbocycles. The summed E-state index contributed by atoms with van der Waals surface area (Å²) < 4.78 is 16.1. The zero-order valence-electron chi connectivity index (χ0n) is 14.5. The molecule has 130 valence electrons. The van der Waals surface area contributed by atoms with E-state index in [0.717, 1.165) is 29.9 Å². The third-order valence-corrected chi connectivity index (χ3v) is 4.57. The Bertz CT molecular complexity index is 834. The highest BCUT2D eigenvalue weighted by molar-refractivity contribution is 5.96. The van der Waals surface area contributed by atoms with Gasteiger partial charge in [-0.3, -0.25) is 4.79 Å². The molecule has 0 bridgehead atoms. The van der Waals surface area contributed by atoms with Crippen molar-refractivity contribution >= 4 is 5.91 Å². The van der Waals surface area contributed by atoms with Crippen LogP contribution >= 0.6 is 0 Å². The van der Waals surface area contributed by atoms with Crippen LogP contribution in [0.25, 0.3) is 0 Å². The number of nitrogens with zero attached hydrogens (tertiary/aromatic N) is 2. The lowest BCUT2D eigenvalue weighted by molar-refractivity contribution is 0.0732. The zero-order chi connectivity index (χ0) is 18.0. The van der Waals surface area contributed by atoms with Crippen LogP contribution in [-0.4, -0.2) is 31.6 Å². The van der Waals surface area contributed by atoms with Gasteiger partial charge in [0.2, 0.25) is 5.76 Å². The molecule has 0 spiro atoms. The first-order chi connectivity index (χ1) is 12.1. The number of furan rings is 1. The van der Waals surface area contributed by atoms with Gasteiger partial charge in [0.1, 0.15) is 23.3 Å². The quantitative estimate of drug-likeness (QED) is 0.852. The van der Waals surface area contributed by atoms with Crippen molar-refractivity contribution < 1.29 is 18.7 Å². The molecule has 0 saturated carbocycles. The number of nitriles is 1. The number of aryl methyl sites for hydroxylation is 1. The molecule has 1 aromatic heterocycles. The highest BCUT2D eigenvalue weighted by Gasteiger charge is 2.34. The number of benzene rings is 1. The molecule has 0 N–H and O–H groups in total. The maximum Gasteiger partial charge on any atom is 0.257 e. The molecule has 1 aliphatic rings. The van der Waals surface area contributed by atoms with Crippen molar-refractivity contribution in [2.75, 3.05) is 20.8 Å². The van der Waals surface area contributed by atoms with Gasteiger partial charge in [0, 0.05) is 18.2 Å². The fraction of sp³-hybridized carbons (Fsp3) is 0.368. The topological polar surface area (TPSA) is 75.7 Å². The number of rotatable bonds is 4. The van der Waals surface area contributed by atoms with Crippen LogP contribution in [0.1, 0.15) is 46.3 Å². The molecule has 1 amide bonds. The number of ether oxygens (including phenoxy) is 2. The number of hydrogen-bond acceptors (Lipinski definition) is 5. The zero-order valence-corrected chi connectivity index (χ0v) is 14.5. The largest absolute Gasteiger partial charge is 0.497 e. The average molecular weight is 340 g/mol. The van der Waals surface area contributed by atoms with Crippen molar-refractivity contribution in [3.05, 3.63) is 46.9 Å². The van der Waals surface area contributed by atoms with Crippen LogP contribution in [0, 0.1) is 18.3 Å². The Balaban J connectivity index is 1.97. The number of amides is 1. The van der Waals surface area contributed by atoms with Crippen LogP contribution in [0.5, 0.6) is 11.5 Å². The molecule has 1 atom stereocenters. The smallest absolute Gasteiger partial charge is 0.257 e. The SMILES string of the molecule is COc1ccc(OC)c([C@@H]2CCCN2C(=O)c2cc(C#N)oc2C)c1. The van der Waals surface area contributed by atoms with Gasteiger partial charge in [0.15, 0.2) is 0 Å². The molecule has 1 fully saturated rings. The first kappa shape index (κ1) is 16.9. The summed E-state index contributed by atoms with van der Waals surface area (Å²) >= 11 is 0. The molecular formula is C19H20N2O4. The molecule has 2 heterocycles. The van der Waals surface area contributed by atoms with Gasteiger partial charge < -0.3 is 18.8 Å². The van der Waals surface area contributed by atoms with E-state index < -0.39 is 0 Å². The van der Waals surface area contributed by atoms with Crippen molar-refractivity contribution in [1.82, 2.24) is 4.90 Å². The van der Waals surface area contributed by atoms with Crippen molar-refractivity contribution in [2.45, 2.75) is 25.8 Å². The first-order valence-corrected chi connectivity index (χ1v) is 8.12. The van der Waals surface area contributed by atoms with Crippen LogP contribution in [0.2, 0.25) is 0 Å². The maximum absolute atomic E-state index is 13.0. The van der Waals surface area contributed by atoms with Gasteiger partial charge >= 0.3 is 0 Å². The van der Waals surface area contributed by atoms with Gasteiger partial charge in [0.05, 0.1) is 25.8 Å². The van der Waals surface area contributed by atoms with Crippen LogP contribution in [0.4, 0.5) is 0 Å². The molecule has 0 radical (unpaired) electrons. The van der Waals surface area contributed by atoms with E-state index in [2.05, 4.69) is 0 Å². The highest BCUT2D eigenvalue weighted by atomic mass is 16.5. The van der Waals surface area contributed by atoms with Gasteiger partial charge in [0.25, 0.3) is 5.91 Å². The molecular weight excluding hydrogens is 320 g/mol. The van der Waals surface area contributed by atoms with E-state index in [9.17, 15) is 4.79 Å². The lowest BCUT2D eigenvalue weighted by atomic mass is 10.0. The summed E-state index contributed by atoms with van der Waals surface area (Å²) in [6.45, 7) is 2.35. The Labute approximate surface area is 146 Å². The minimum absolute atomic E-state index is 0.0996. The Morgan fingerprint density at radius 2 is 2.12 bits per heavy atom. The molecule has 6 heteroatoms. The maximum atomic E-state index is 13.0. The Morgan fingerprint density at radius 1 is 1.32 bits per heavy atom. The lowest BCUT2D eigenvalue weighted by Gasteiger charge is -2.26. The Morgan fingerprint density at radius 3 is 2.76 bits per heavy atom. The van der Waals surface area contributed by atoms with Crippen molar-refractivity contribution in [1.29, 1.82) is 5.26 Å². The van der Waals surface area contributed by atoms with E-state index >= 15 is 0 Å². The minimum Gasteiger partial charge on any atom is -0.497 e. The fourth-order valence-electron chi connectivity index (χ4n) is 3.34. The molecule has 1 saturated heterocycles. The molecule has 1 aromatic carbocycles. The Kier molecular flexibility index (Phi) is 4.66. The second kappa shape index (κ2) is 6.89. The van der Waals surface area contributed by atoms with E-state index in [-0.39, 0.29) is 17.7 Å². The van der Waals surface area contributed by atoms with E-state index in [4.69, 9.17) is 19.2 Å². The van der Waals surface area contributed by atoms with E-state index in [1.54, 1.807) is 21.1 Å². The van der Waals surface area contributed by atoms with E-state index in [0.29, 0.717) is 17.9 Å². The van der Waals surface area contributed by atoms with Crippen molar-refractivity contribution in [2.24, 2.45) is 0 Å². The van der Waals surface area contributed by atoms with Gasteiger partial charge in [-0.25, -0.2) is 0 Å². The first-order valence-electron chi connectivity index (χ1n) is 8.12. The summed E-state index contributed by atoms with van der Waals surface area (Å²) in [5, 5.41) is 8.98. The minimum atomic E-state index is -0.130. The predicted molar refractivity (Wildman–Crippen MR) is 90.7 cm³/mol. The summed E-state index contributed by atoms with van der Waals surface area (Å²) in [7, 11) is 3.23. The standard InChI is InChI=1S/C19H20N2O4/c1-12-15(10-14(11-20)25-12)19(22)21-8-4-5-17(21)16-9-13(23-2)6-7-18(16)24-3/h6-7,9-10,17H,4-5,8H2,1-3H3/t17-/m0/s1. The molecule has 1 aliphatic heterocycles. The average Bonchev–Trinajstić information content (AvgIpc) is 3.27.